The molecule has 0 saturated carbocycles. The number of halogens is 2. The fourth-order valence-electron chi connectivity index (χ4n) is 3.84. The smallest absolute Gasteiger partial charge is 0.269 e. The van der Waals surface area contributed by atoms with E-state index in [1.807, 2.05) is 18.2 Å². The molecular weight excluding hydrogens is 381 g/mol. The minimum atomic E-state index is -0.429. The first-order valence-electron chi connectivity index (χ1n) is 9.10. The van der Waals surface area contributed by atoms with Gasteiger partial charge in [0.15, 0.2) is 0 Å². The summed E-state index contributed by atoms with van der Waals surface area (Å²) in [7, 11) is 0. The van der Waals surface area contributed by atoms with Crippen molar-refractivity contribution < 1.29 is 9.31 Å². The summed E-state index contributed by atoms with van der Waals surface area (Å²) < 4.78 is 15.8. The first kappa shape index (κ1) is 18.7. The molecule has 0 fully saturated rings. The van der Waals surface area contributed by atoms with Crippen molar-refractivity contribution in [1.29, 1.82) is 0 Å². The highest BCUT2D eigenvalue weighted by Gasteiger charge is 2.28. The quantitative estimate of drug-likeness (QED) is 0.448. The van der Waals surface area contributed by atoms with Gasteiger partial charge in [-0.25, -0.2) is 4.39 Å². The van der Waals surface area contributed by atoms with E-state index in [1.165, 1.54) is 6.07 Å². The third-order valence-corrected chi connectivity index (χ3v) is 5.43. The number of nitrogens with zero attached hydrogens (tertiary/aromatic N) is 3. The Morgan fingerprint density at radius 1 is 1.14 bits per heavy atom. The van der Waals surface area contributed by atoms with Crippen molar-refractivity contribution in [3.05, 3.63) is 98.6 Å². The number of hydrogen-bond acceptors (Lipinski definition) is 3. The molecule has 1 aliphatic rings. The summed E-state index contributed by atoms with van der Waals surface area (Å²) in [6.45, 7) is 2.36. The molecule has 0 bridgehead atoms. The van der Waals surface area contributed by atoms with Crippen LogP contribution in [0, 0.1) is 15.9 Å². The minimum Gasteiger partial charge on any atom is -0.350 e. The average Bonchev–Trinajstić information content (AvgIpc) is 3.06. The Balaban J connectivity index is 1.72. The monoisotopic (exact) mass is 399 g/mol. The molecule has 0 N–H and O–H groups in total. The number of aromatic nitrogens is 1. The number of fused-ring (bicyclic) bond motifs is 1. The van der Waals surface area contributed by atoms with Crippen LogP contribution in [0.4, 0.5) is 10.1 Å². The zero-order valence-corrected chi connectivity index (χ0v) is 15.8. The molecule has 0 radical (unpaired) electrons. The fourth-order valence-corrected chi connectivity index (χ4v) is 4.05. The maximum absolute atomic E-state index is 13.5. The number of aryl methyl sites for hydroxylation is 1. The molecule has 2 aromatic carbocycles. The number of hydrogen-bond donors (Lipinski definition) is 0. The van der Waals surface area contributed by atoms with Crippen molar-refractivity contribution in [2.45, 2.75) is 25.6 Å². The second kappa shape index (κ2) is 7.73. The Morgan fingerprint density at radius 3 is 2.64 bits per heavy atom. The summed E-state index contributed by atoms with van der Waals surface area (Å²) in [5.74, 6) is -0.429. The van der Waals surface area contributed by atoms with Crippen LogP contribution in [0.25, 0.3) is 0 Å². The molecular formula is C21H19ClFN3O2. The van der Waals surface area contributed by atoms with Crippen LogP contribution >= 0.6 is 11.6 Å². The molecule has 1 aliphatic heterocycles. The Labute approximate surface area is 167 Å². The van der Waals surface area contributed by atoms with E-state index in [0.717, 1.165) is 36.3 Å². The molecule has 5 nitrogen and oxygen atoms in total. The van der Waals surface area contributed by atoms with Crippen LogP contribution in [0.3, 0.4) is 0 Å². The lowest BCUT2D eigenvalue weighted by atomic mass is 10.0. The van der Waals surface area contributed by atoms with Gasteiger partial charge in [0.05, 0.1) is 16.0 Å². The standard InChI is InChI=1S/C21H19ClFN3O2/c22-18-13-15(4-9-19(18)23)14-25-12-2-11-24-10-1-3-20(24)21(25)16-5-7-17(8-6-16)26(27)28/h1,3-10,13,21H,2,11-12,14H2/t21-/m1/s1. The van der Waals surface area contributed by atoms with Gasteiger partial charge in [-0.2, -0.15) is 0 Å². The molecule has 0 spiro atoms. The highest BCUT2D eigenvalue weighted by atomic mass is 35.5. The van der Waals surface area contributed by atoms with E-state index in [9.17, 15) is 14.5 Å². The molecule has 4 rings (SSSR count). The van der Waals surface area contributed by atoms with Gasteiger partial charge in [0, 0.05) is 43.7 Å². The normalized spacial score (nSPS) is 17.1. The minimum absolute atomic E-state index is 0.0536. The Morgan fingerprint density at radius 2 is 1.93 bits per heavy atom. The fraction of sp³-hybridized carbons (Fsp3) is 0.238. The second-order valence-electron chi connectivity index (χ2n) is 6.95. The van der Waals surface area contributed by atoms with Crippen molar-refractivity contribution in [2.75, 3.05) is 6.54 Å². The first-order chi connectivity index (χ1) is 13.5. The van der Waals surface area contributed by atoms with E-state index in [4.69, 9.17) is 11.6 Å². The van der Waals surface area contributed by atoms with Crippen LogP contribution < -0.4 is 0 Å². The average molecular weight is 400 g/mol. The molecule has 3 aromatic rings. The lowest BCUT2D eigenvalue weighted by Gasteiger charge is -2.30. The van der Waals surface area contributed by atoms with Crippen LogP contribution in [0.15, 0.2) is 60.8 Å². The van der Waals surface area contributed by atoms with Gasteiger partial charge < -0.3 is 4.57 Å². The van der Waals surface area contributed by atoms with Gasteiger partial charge in [0.1, 0.15) is 5.82 Å². The highest BCUT2D eigenvalue weighted by Crippen LogP contribution is 2.34. The van der Waals surface area contributed by atoms with Gasteiger partial charge in [-0.05, 0) is 41.8 Å². The topological polar surface area (TPSA) is 51.3 Å². The van der Waals surface area contributed by atoms with Crippen molar-refractivity contribution in [3.63, 3.8) is 0 Å². The first-order valence-corrected chi connectivity index (χ1v) is 9.48. The maximum atomic E-state index is 13.5. The summed E-state index contributed by atoms with van der Waals surface area (Å²) in [5.41, 5.74) is 3.13. The van der Waals surface area contributed by atoms with Crippen molar-refractivity contribution in [2.24, 2.45) is 0 Å². The van der Waals surface area contributed by atoms with Crippen LogP contribution in [-0.2, 0) is 13.1 Å². The predicted molar refractivity (Wildman–Crippen MR) is 106 cm³/mol. The molecule has 0 amide bonds. The van der Waals surface area contributed by atoms with E-state index < -0.39 is 10.7 Å². The Hall–Kier alpha value is -2.70. The lowest BCUT2D eigenvalue weighted by Crippen LogP contribution is -2.29. The summed E-state index contributed by atoms with van der Waals surface area (Å²) >= 11 is 5.97. The molecule has 28 heavy (non-hydrogen) atoms. The van der Waals surface area contributed by atoms with Gasteiger partial charge in [0.2, 0.25) is 0 Å². The van der Waals surface area contributed by atoms with Crippen LogP contribution in [0.5, 0.6) is 0 Å². The number of non-ortho nitro benzene ring substituents is 1. The number of benzene rings is 2. The van der Waals surface area contributed by atoms with Gasteiger partial charge in [-0.1, -0.05) is 29.8 Å². The van der Waals surface area contributed by atoms with E-state index >= 15 is 0 Å². The van der Waals surface area contributed by atoms with E-state index in [-0.39, 0.29) is 16.8 Å². The molecule has 0 unspecified atom stereocenters. The predicted octanol–water partition coefficient (Wildman–Crippen LogP) is 5.18. The van der Waals surface area contributed by atoms with Gasteiger partial charge in [-0.3, -0.25) is 15.0 Å². The number of nitro benzene ring substituents is 1. The third-order valence-electron chi connectivity index (χ3n) is 5.14. The molecule has 2 heterocycles. The zero-order chi connectivity index (χ0) is 19.7. The van der Waals surface area contributed by atoms with Gasteiger partial charge >= 0.3 is 0 Å². The van der Waals surface area contributed by atoms with E-state index in [1.54, 1.807) is 24.3 Å². The third kappa shape index (κ3) is 3.66. The molecule has 7 heteroatoms. The van der Waals surface area contributed by atoms with Gasteiger partial charge in [0.25, 0.3) is 5.69 Å². The number of rotatable bonds is 4. The van der Waals surface area contributed by atoms with Gasteiger partial charge in [-0.15, -0.1) is 0 Å². The Bertz CT molecular complexity index is 1000. The van der Waals surface area contributed by atoms with E-state index in [2.05, 4.69) is 21.7 Å². The summed E-state index contributed by atoms with van der Waals surface area (Å²) in [6, 6.07) is 15.6. The Kier molecular flexibility index (Phi) is 5.15. The van der Waals surface area contributed by atoms with Crippen molar-refractivity contribution in [3.8, 4) is 0 Å². The van der Waals surface area contributed by atoms with Crippen LogP contribution in [0.2, 0.25) is 5.02 Å². The SMILES string of the molecule is O=[N+]([O-])c1ccc([C@@H]2c3cccn3CCCN2Cc2ccc(F)c(Cl)c2)cc1. The summed E-state index contributed by atoms with van der Waals surface area (Å²) in [6.07, 6.45) is 3.03. The molecule has 0 aliphatic carbocycles. The second-order valence-corrected chi connectivity index (χ2v) is 7.36. The summed E-state index contributed by atoms with van der Waals surface area (Å²) in [4.78, 5) is 12.9. The zero-order valence-electron chi connectivity index (χ0n) is 15.1. The highest BCUT2D eigenvalue weighted by molar-refractivity contribution is 6.30. The van der Waals surface area contributed by atoms with Crippen LogP contribution in [0.1, 0.15) is 29.3 Å². The number of nitro groups is 1. The molecule has 144 valence electrons. The van der Waals surface area contributed by atoms with Crippen LogP contribution in [-0.4, -0.2) is 20.9 Å². The molecule has 1 atom stereocenters. The molecule has 0 saturated heterocycles. The lowest BCUT2D eigenvalue weighted by molar-refractivity contribution is -0.384. The maximum Gasteiger partial charge on any atom is 0.269 e. The van der Waals surface area contributed by atoms with Crippen molar-refractivity contribution >= 4 is 17.3 Å². The largest absolute Gasteiger partial charge is 0.350 e. The molecule has 1 aromatic heterocycles. The van der Waals surface area contributed by atoms with Crippen molar-refractivity contribution in [1.82, 2.24) is 9.47 Å². The van der Waals surface area contributed by atoms with E-state index in [0.29, 0.717) is 6.54 Å². The summed E-state index contributed by atoms with van der Waals surface area (Å²) in [5, 5.41) is 11.1.